The second kappa shape index (κ2) is 4.20. The first-order valence-electron chi connectivity index (χ1n) is 5.97. The third kappa shape index (κ3) is 1.73. The zero-order chi connectivity index (χ0) is 9.86. The molecular formula is C13H21N. The van der Waals surface area contributed by atoms with Crippen molar-refractivity contribution in [2.24, 2.45) is 0 Å². The van der Waals surface area contributed by atoms with Crippen LogP contribution in [0.1, 0.15) is 45.4 Å². The Kier molecular flexibility index (Phi) is 2.95. The fourth-order valence-electron chi connectivity index (χ4n) is 2.87. The molecule has 0 aromatic heterocycles. The van der Waals surface area contributed by atoms with Gasteiger partial charge in [-0.3, -0.25) is 0 Å². The molecule has 2 rings (SSSR count). The predicted molar refractivity (Wildman–Crippen MR) is 61.1 cm³/mol. The van der Waals surface area contributed by atoms with E-state index in [2.05, 4.69) is 36.3 Å². The molecule has 0 radical (unpaired) electrons. The van der Waals surface area contributed by atoms with Gasteiger partial charge in [-0.25, -0.2) is 0 Å². The number of allylic oxidation sites excluding steroid dienone is 2. The molecule has 1 aliphatic carbocycles. The molecule has 0 amide bonds. The molecule has 0 saturated heterocycles. The Morgan fingerprint density at radius 1 is 1.14 bits per heavy atom. The van der Waals surface area contributed by atoms with Crippen molar-refractivity contribution >= 4 is 0 Å². The van der Waals surface area contributed by atoms with Crippen LogP contribution in [-0.4, -0.2) is 17.0 Å². The van der Waals surface area contributed by atoms with Gasteiger partial charge in [0.05, 0.1) is 0 Å². The van der Waals surface area contributed by atoms with Crippen LogP contribution in [0.3, 0.4) is 0 Å². The summed E-state index contributed by atoms with van der Waals surface area (Å²) in [5.41, 5.74) is 0.486. The van der Waals surface area contributed by atoms with Gasteiger partial charge in [0.15, 0.2) is 0 Å². The van der Waals surface area contributed by atoms with Crippen molar-refractivity contribution in [1.82, 2.24) is 4.90 Å². The van der Waals surface area contributed by atoms with Crippen LogP contribution in [0, 0.1) is 0 Å². The molecule has 1 saturated carbocycles. The molecule has 1 heteroatoms. The maximum atomic E-state index is 2.56. The smallest absolute Gasteiger partial charge is 0.0397 e. The molecule has 0 atom stereocenters. The molecule has 0 aromatic carbocycles. The van der Waals surface area contributed by atoms with E-state index in [1.165, 1.54) is 38.5 Å². The Hall–Kier alpha value is -0.720. The summed E-state index contributed by atoms with van der Waals surface area (Å²) < 4.78 is 0. The van der Waals surface area contributed by atoms with Crippen molar-refractivity contribution in [2.75, 3.05) is 6.54 Å². The summed E-state index contributed by atoms with van der Waals surface area (Å²) in [4.78, 5) is 2.56. The Labute approximate surface area is 87.5 Å². The fourth-order valence-corrected chi connectivity index (χ4v) is 2.87. The van der Waals surface area contributed by atoms with Crippen LogP contribution in [0.4, 0.5) is 0 Å². The van der Waals surface area contributed by atoms with Gasteiger partial charge in [-0.2, -0.15) is 0 Å². The van der Waals surface area contributed by atoms with Gasteiger partial charge < -0.3 is 4.90 Å². The lowest BCUT2D eigenvalue weighted by Crippen LogP contribution is -2.47. The van der Waals surface area contributed by atoms with E-state index >= 15 is 0 Å². The fraction of sp³-hybridized carbons (Fsp3) is 0.692. The van der Waals surface area contributed by atoms with Crippen LogP contribution in [-0.2, 0) is 0 Å². The van der Waals surface area contributed by atoms with Gasteiger partial charge in [0.2, 0.25) is 0 Å². The number of rotatable bonds is 2. The van der Waals surface area contributed by atoms with Gasteiger partial charge >= 0.3 is 0 Å². The molecule has 0 unspecified atom stereocenters. The van der Waals surface area contributed by atoms with Crippen LogP contribution >= 0.6 is 0 Å². The lowest BCUT2D eigenvalue weighted by molar-refractivity contribution is 0.100. The first-order chi connectivity index (χ1) is 6.87. The van der Waals surface area contributed by atoms with E-state index in [1.807, 2.05) is 0 Å². The topological polar surface area (TPSA) is 3.24 Å². The summed E-state index contributed by atoms with van der Waals surface area (Å²) in [6.45, 7) is 3.46. The molecule has 0 spiro atoms. The highest BCUT2D eigenvalue weighted by atomic mass is 15.2. The van der Waals surface area contributed by atoms with Crippen LogP contribution in [0.15, 0.2) is 24.4 Å². The van der Waals surface area contributed by atoms with E-state index < -0.39 is 0 Å². The average molecular weight is 191 g/mol. The SMILES string of the molecule is CCC1(N2C=CC=CC2)CCCCC1. The van der Waals surface area contributed by atoms with Crippen LogP contribution < -0.4 is 0 Å². The predicted octanol–water partition coefficient (Wildman–Crippen LogP) is 3.48. The molecule has 1 fully saturated rings. The standard InChI is InChI=1S/C13H21N/c1-2-13(9-5-3-6-10-13)14-11-7-4-8-12-14/h4,7-8,11H,2-3,5-6,9-10,12H2,1H3. The monoisotopic (exact) mass is 191 g/mol. The van der Waals surface area contributed by atoms with Gasteiger partial charge in [0.25, 0.3) is 0 Å². The average Bonchev–Trinajstić information content (AvgIpc) is 2.31. The third-order valence-electron chi connectivity index (χ3n) is 3.87. The van der Waals surface area contributed by atoms with E-state index in [4.69, 9.17) is 0 Å². The summed E-state index contributed by atoms with van der Waals surface area (Å²) >= 11 is 0. The van der Waals surface area contributed by atoms with Crippen molar-refractivity contribution in [2.45, 2.75) is 51.0 Å². The van der Waals surface area contributed by atoms with Crippen LogP contribution in [0.2, 0.25) is 0 Å². The second-order valence-corrected chi connectivity index (χ2v) is 4.56. The molecule has 2 aliphatic rings. The maximum absolute atomic E-state index is 2.56. The van der Waals surface area contributed by atoms with Crippen molar-refractivity contribution in [3.63, 3.8) is 0 Å². The Morgan fingerprint density at radius 2 is 1.93 bits per heavy atom. The summed E-state index contributed by atoms with van der Waals surface area (Å²) in [5, 5.41) is 0. The first-order valence-corrected chi connectivity index (χ1v) is 5.97. The Bertz CT molecular complexity index is 234. The van der Waals surface area contributed by atoms with Crippen molar-refractivity contribution < 1.29 is 0 Å². The van der Waals surface area contributed by atoms with Crippen molar-refractivity contribution in [3.8, 4) is 0 Å². The first kappa shape index (κ1) is 9.82. The van der Waals surface area contributed by atoms with E-state index in [1.54, 1.807) is 0 Å². The highest BCUT2D eigenvalue weighted by Gasteiger charge is 2.34. The van der Waals surface area contributed by atoms with Crippen molar-refractivity contribution in [3.05, 3.63) is 24.4 Å². The van der Waals surface area contributed by atoms with E-state index in [-0.39, 0.29) is 0 Å². The molecule has 0 bridgehead atoms. The quantitative estimate of drug-likeness (QED) is 0.646. The minimum atomic E-state index is 0.486. The van der Waals surface area contributed by atoms with Gasteiger partial charge in [0, 0.05) is 12.1 Å². The normalized spacial score (nSPS) is 25.4. The summed E-state index contributed by atoms with van der Waals surface area (Å²) in [6, 6.07) is 0. The largest absolute Gasteiger partial charge is 0.368 e. The molecule has 1 nitrogen and oxygen atoms in total. The molecular weight excluding hydrogens is 170 g/mol. The lowest BCUT2D eigenvalue weighted by Gasteiger charge is -2.46. The van der Waals surface area contributed by atoms with Gasteiger partial charge in [0.1, 0.15) is 0 Å². The van der Waals surface area contributed by atoms with E-state index in [0.717, 1.165) is 6.54 Å². The van der Waals surface area contributed by atoms with Gasteiger partial charge in [-0.1, -0.05) is 38.3 Å². The molecule has 0 N–H and O–H groups in total. The number of hydrogen-bond donors (Lipinski definition) is 0. The third-order valence-corrected chi connectivity index (χ3v) is 3.87. The molecule has 1 aliphatic heterocycles. The van der Waals surface area contributed by atoms with Crippen LogP contribution in [0.5, 0.6) is 0 Å². The maximum Gasteiger partial charge on any atom is 0.0397 e. The Balaban J connectivity index is 2.10. The highest BCUT2D eigenvalue weighted by molar-refractivity contribution is 5.12. The van der Waals surface area contributed by atoms with E-state index in [9.17, 15) is 0 Å². The number of hydrogen-bond acceptors (Lipinski definition) is 1. The van der Waals surface area contributed by atoms with E-state index in [0.29, 0.717) is 5.54 Å². The van der Waals surface area contributed by atoms with Gasteiger partial charge in [-0.05, 0) is 31.5 Å². The van der Waals surface area contributed by atoms with Crippen LogP contribution in [0.25, 0.3) is 0 Å². The molecule has 1 heterocycles. The minimum absolute atomic E-state index is 0.486. The summed E-state index contributed by atoms with van der Waals surface area (Å²) in [5.74, 6) is 0. The lowest BCUT2D eigenvalue weighted by atomic mass is 9.78. The van der Waals surface area contributed by atoms with Gasteiger partial charge in [-0.15, -0.1) is 0 Å². The summed E-state index contributed by atoms with van der Waals surface area (Å²) in [7, 11) is 0. The summed E-state index contributed by atoms with van der Waals surface area (Å²) in [6.07, 6.45) is 17.2. The molecule has 0 aromatic rings. The zero-order valence-electron chi connectivity index (χ0n) is 9.21. The van der Waals surface area contributed by atoms with Crippen molar-refractivity contribution in [1.29, 1.82) is 0 Å². The molecule has 78 valence electrons. The zero-order valence-corrected chi connectivity index (χ0v) is 9.21. The highest BCUT2D eigenvalue weighted by Crippen LogP contribution is 2.37. The molecule has 14 heavy (non-hydrogen) atoms. The minimum Gasteiger partial charge on any atom is -0.368 e. The number of nitrogens with zero attached hydrogens (tertiary/aromatic N) is 1. The second-order valence-electron chi connectivity index (χ2n) is 4.56. The Morgan fingerprint density at radius 3 is 2.50 bits per heavy atom.